The van der Waals surface area contributed by atoms with Crippen LogP contribution in [0.3, 0.4) is 0 Å². The number of nitrogens with zero attached hydrogens (tertiary/aromatic N) is 1. The van der Waals surface area contributed by atoms with Gasteiger partial charge >= 0.3 is 0 Å². The summed E-state index contributed by atoms with van der Waals surface area (Å²) in [4.78, 5) is 10.7. The lowest BCUT2D eigenvalue weighted by molar-refractivity contribution is -0.384. The van der Waals surface area contributed by atoms with Gasteiger partial charge in [-0.05, 0) is 41.7 Å². The van der Waals surface area contributed by atoms with E-state index in [1.807, 2.05) is 24.3 Å². The molecule has 2 aromatic carbocycles. The average Bonchev–Trinajstić information content (AvgIpc) is 3.04. The van der Waals surface area contributed by atoms with E-state index < -0.39 is 0 Å². The number of nitro groups is 1. The van der Waals surface area contributed by atoms with Crippen molar-refractivity contribution in [3.63, 3.8) is 0 Å². The zero-order chi connectivity index (χ0) is 16.0. The van der Waals surface area contributed by atoms with Crippen LogP contribution < -0.4 is 5.32 Å². The highest BCUT2D eigenvalue weighted by atomic mass is 35.5. The highest BCUT2D eigenvalue weighted by Crippen LogP contribution is 2.50. The highest BCUT2D eigenvalue weighted by Gasteiger charge is 2.38. The molecule has 0 radical (unpaired) electrons. The van der Waals surface area contributed by atoms with Gasteiger partial charge in [-0.3, -0.25) is 10.1 Å². The van der Waals surface area contributed by atoms with E-state index >= 15 is 0 Å². The third-order valence-corrected chi connectivity index (χ3v) is 5.00. The van der Waals surface area contributed by atoms with Crippen LogP contribution in [0, 0.1) is 16.0 Å². The Bertz CT molecular complexity index is 818. The Kier molecular flexibility index (Phi) is 3.34. The van der Waals surface area contributed by atoms with Crippen LogP contribution in [-0.4, -0.2) is 4.92 Å². The Labute approximate surface area is 138 Å². The van der Waals surface area contributed by atoms with Crippen LogP contribution in [0.1, 0.15) is 29.5 Å². The van der Waals surface area contributed by atoms with Gasteiger partial charge in [0, 0.05) is 28.8 Å². The fourth-order valence-corrected chi connectivity index (χ4v) is 3.91. The molecule has 5 heteroatoms. The first-order chi connectivity index (χ1) is 11.1. The average molecular weight is 327 g/mol. The molecule has 0 amide bonds. The zero-order valence-electron chi connectivity index (χ0n) is 12.3. The zero-order valence-corrected chi connectivity index (χ0v) is 13.0. The minimum Gasteiger partial charge on any atom is -0.378 e. The molecular formula is C18H15ClN2O2. The van der Waals surface area contributed by atoms with Gasteiger partial charge in [0.25, 0.3) is 5.69 Å². The van der Waals surface area contributed by atoms with Gasteiger partial charge in [0.05, 0.1) is 11.0 Å². The molecule has 1 heterocycles. The van der Waals surface area contributed by atoms with E-state index in [2.05, 4.69) is 17.5 Å². The van der Waals surface area contributed by atoms with Crippen molar-refractivity contribution in [2.75, 3.05) is 5.32 Å². The number of hydrogen-bond donors (Lipinski definition) is 1. The van der Waals surface area contributed by atoms with Gasteiger partial charge < -0.3 is 5.32 Å². The molecule has 0 fully saturated rings. The normalized spacial score (nSPS) is 24.7. The first-order valence-corrected chi connectivity index (χ1v) is 7.98. The topological polar surface area (TPSA) is 55.2 Å². The Balaban J connectivity index is 1.78. The molecule has 2 aliphatic rings. The van der Waals surface area contributed by atoms with Crippen molar-refractivity contribution in [2.45, 2.75) is 18.4 Å². The van der Waals surface area contributed by atoms with Crippen molar-refractivity contribution in [3.05, 3.63) is 80.9 Å². The van der Waals surface area contributed by atoms with E-state index in [0.717, 1.165) is 22.7 Å². The number of rotatable bonds is 2. The third-order valence-electron chi connectivity index (χ3n) is 4.76. The molecule has 2 aromatic rings. The summed E-state index contributed by atoms with van der Waals surface area (Å²) in [7, 11) is 0. The van der Waals surface area contributed by atoms with Gasteiger partial charge in [-0.1, -0.05) is 35.9 Å². The van der Waals surface area contributed by atoms with Crippen LogP contribution in [0.15, 0.2) is 54.6 Å². The number of fused-ring (bicyclic) bond motifs is 3. The van der Waals surface area contributed by atoms with Crippen LogP contribution >= 0.6 is 11.6 Å². The van der Waals surface area contributed by atoms with Crippen molar-refractivity contribution in [3.8, 4) is 0 Å². The molecule has 0 aromatic heterocycles. The number of allylic oxidation sites excluding steroid dienone is 2. The Morgan fingerprint density at radius 3 is 2.91 bits per heavy atom. The second kappa shape index (κ2) is 5.39. The summed E-state index contributed by atoms with van der Waals surface area (Å²) in [5, 5.41) is 15.3. The smallest absolute Gasteiger partial charge is 0.269 e. The lowest BCUT2D eigenvalue weighted by Gasteiger charge is -2.37. The first-order valence-electron chi connectivity index (χ1n) is 7.60. The number of hydrogen-bond acceptors (Lipinski definition) is 3. The van der Waals surface area contributed by atoms with Gasteiger partial charge in [0.1, 0.15) is 0 Å². The van der Waals surface area contributed by atoms with Crippen LogP contribution in [-0.2, 0) is 0 Å². The fourth-order valence-electron chi connectivity index (χ4n) is 3.73. The van der Waals surface area contributed by atoms with Crippen molar-refractivity contribution in [1.82, 2.24) is 0 Å². The third kappa shape index (κ3) is 2.39. The van der Waals surface area contributed by atoms with Crippen molar-refractivity contribution in [1.29, 1.82) is 0 Å². The van der Waals surface area contributed by atoms with Crippen LogP contribution in [0.25, 0.3) is 0 Å². The van der Waals surface area contributed by atoms with Gasteiger partial charge in [0.15, 0.2) is 0 Å². The summed E-state index contributed by atoms with van der Waals surface area (Å²) in [6, 6.07) is 12.9. The monoisotopic (exact) mass is 326 g/mol. The number of non-ortho nitro benzene ring substituents is 1. The molecule has 0 saturated heterocycles. The van der Waals surface area contributed by atoms with Crippen LogP contribution in [0.2, 0.25) is 5.02 Å². The molecule has 0 unspecified atom stereocenters. The minimum atomic E-state index is -0.343. The van der Waals surface area contributed by atoms with E-state index in [1.165, 1.54) is 11.6 Å². The summed E-state index contributed by atoms with van der Waals surface area (Å²) < 4.78 is 0. The molecule has 0 saturated carbocycles. The second-order valence-corrected chi connectivity index (χ2v) is 6.50. The first kappa shape index (κ1) is 14.3. The largest absolute Gasteiger partial charge is 0.378 e. The van der Waals surface area contributed by atoms with E-state index in [1.54, 1.807) is 12.1 Å². The molecule has 1 aliphatic carbocycles. The number of halogens is 1. The molecule has 1 aliphatic heterocycles. The van der Waals surface area contributed by atoms with Crippen molar-refractivity contribution >= 4 is 23.0 Å². The molecule has 116 valence electrons. The standard InChI is InChI=1S/C18H15ClN2O2/c19-12-7-8-17-16(10-12)14-5-2-6-15(14)18(20-17)11-3-1-4-13(9-11)21(22)23/h1-5,7-10,14-15,18,20H,6H2/t14-,15+,18+/m1/s1. The fraction of sp³-hybridized carbons (Fsp3) is 0.222. The molecule has 1 N–H and O–H groups in total. The maximum Gasteiger partial charge on any atom is 0.269 e. The predicted octanol–water partition coefficient (Wildman–Crippen LogP) is 5.07. The van der Waals surface area contributed by atoms with Gasteiger partial charge in [-0.2, -0.15) is 0 Å². The summed E-state index contributed by atoms with van der Waals surface area (Å²) >= 11 is 6.15. The summed E-state index contributed by atoms with van der Waals surface area (Å²) in [5.74, 6) is 0.650. The molecule has 3 atom stereocenters. The molecule has 0 spiro atoms. The predicted molar refractivity (Wildman–Crippen MR) is 90.9 cm³/mol. The van der Waals surface area contributed by atoms with Crippen molar-refractivity contribution in [2.24, 2.45) is 5.92 Å². The number of nitrogens with one attached hydrogen (secondary N) is 1. The quantitative estimate of drug-likeness (QED) is 0.476. The summed E-state index contributed by atoms with van der Waals surface area (Å²) in [6.45, 7) is 0. The van der Waals surface area contributed by atoms with E-state index in [0.29, 0.717) is 11.8 Å². The molecule has 0 bridgehead atoms. The minimum absolute atomic E-state index is 0.0589. The Morgan fingerprint density at radius 2 is 2.09 bits per heavy atom. The molecule has 4 nitrogen and oxygen atoms in total. The Morgan fingerprint density at radius 1 is 1.22 bits per heavy atom. The van der Waals surface area contributed by atoms with Crippen LogP contribution in [0.5, 0.6) is 0 Å². The maximum absolute atomic E-state index is 11.1. The van der Waals surface area contributed by atoms with Crippen LogP contribution in [0.4, 0.5) is 11.4 Å². The molecule has 23 heavy (non-hydrogen) atoms. The van der Waals surface area contributed by atoms with Gasteiger partial charge in [-0.25, -0.2) is 0 Å². The van der Waals surface area contributed by atoms with Gasteiger partial charge in [-0.15, -0.1) is 0 Å². The lowest BCUT2D eigenvalue weighted by Crippen LogP contribution is -2.29. The number of anilines is 1. The molecule has 4 rings (SSSR count). The summed E-state index contributed by atoms with van der Waals surface area (Å²) in [5.41, 5.74) is 3.35. The van der Waals surface area contributed by atoms with E-state index in [9.17, 15) is 10.1 Å². The second-order valence-electron chi connectivity index (χ2n) is 6.06. The van der Waals surface area contributed by atoms with E-state index in [-0.39, 0.29) is 16.7 Å². The van der Waals surface area contributed by atoms with Gasteiger partial charge in [0.2, 0.25) is 0 Å². The molecular weight excluding hydrogens is 312 g/mol. The number of nitro benzene ring substituents is 1. The van der Waals surface area contributed by atoms with E-state index in [4.69, 9.17) is 11.6 Å². The van der Waals surface area contributed by atoms with Crippen molar-refractivity contribution < 1.29 is 4.92 Å². The SMILES string of the molecule is O=[N+]([O-])c1cccc([C@@H]2Nc3ccc(Cl)cc3[C@@H]3C=CC[C@@H]32)c1. The summed E-state index contributed by atoms with van der Waals surface area (Å²) in [6.07, 6.45) is 5.37. The lowest BCUT2D eigenvalue weighted by atomic mass is 9.77. The highest BCUT2D eigenvalue weighted by molar-refractivity contribution is 6.30. The maximum atomic E-state index is 11.1. The number of benzene rings is 2. The Hall–Kier alpha value is -2.33.